The summed E-state index contributed by atoms with van der Waals surface area (Å²) < 4.78 is 12.5. The number of alkyl halides is 1. The minimum Gasteiger partial charge on any atom is -0.352 e. The molecule has 0 saturated heterocycles. The fraction of sp³-hybridized carbons (Fsp3) is 0.833. The lowest BCUT2D eigenvalue weighted by Crippen LogP contribution is -2.25. The van der Waals surface area contributed by atoms with Gasteiger partial charge in [0, 0.05) is 6.61 Å². The highest BCUT2D eigenvalue weighted by Crippen LogP contribution is 2.29. The highest BCUT2D eigenvalue weighted by Gasteiger charge is 2.23. The van der Waals surface area contributed by atoms with E-state index in [0.717, 1.165) is 23.9 Å². The monoisotopic (exact) mass is 324 g/mol. The predicted octanol–water partition coefficient (Wildman–Crippen LogP) is 3.69. The maximum Gasteiger partial charge on any atom is 0.167 e. The van der Waals surface area contributed by atoms with Gasteiger partial charge in [-0.25, -0.2) is 0 Å². The summed E-state index contributed by atoms with van der Waals surface area (Å²) >= 11 is 2.32. The summed E-state index contributed by atoms with van der Waals surface area (Å²) in [4.78, 5) is 0. The smallest absolute Gasteiger partial charge is 0.167 e. The van der Waals surface area contributed by atoms with Gasteiger partial charge in [0.2, 0.25) is 0 Å². The molecule has 0 aromatic carbocycles. The van der Waals surface area contributed by atoms with Crippen molar-refractivity contribution in [3.63, 3.8) is 0 Å². The van der Waals surface area contributed by atoms with E-state index in [1.54, 1.807) is 0 Å². The van der Waals surface area contributed by atoms with Crippen LogP contribution in [0.5, 0.6) is 0 Å². The molecule has 2 nitrogen and oxygen atoms in total. The lowest BCUT2D eigenvalue weighted by Gasteiger charge is -2.21. The van der Waals surface area contributed by atoms with Crippen LogP contribution >= 0.6 is 22.6 Å². The molecular formula is C12H21IO2. The Bertz CT molecular complexity index is 226. The van der Waals surface area contributed by atoms with Crippen molar-refractivity contribution in [2.75, 3.05) is 11.0 Å². The van der Waals surface area contributed by atoms with Gasteiger partial charge in [0.25, 0.3) is 0 Å². The van der Waals surface area contributed by atoms with Crippen LogP contribution in [0.1, 0.15) is 40.0 Å². The van der Waals surface area contributed by atoms with Crippen molar-refractivity contribution in [2.45, 2.75) is 52.4 Å². The summed E-state index contributed by atoms with van der Waals surface area (Å²) in [5, 5.41) is 0. The van der Waals surface area contributed by atoms with Crippen LogP contribution in [0.4, 0.5) is 0 Å². The zero-order valence-electron chi connectivity index (χ0n) is 9.88. The van der Waals surface area contributed by atoms with Gasteiger partial charge >= 0.3 is 0 Å². The third kappa shape index (κ3) is 4.04. The SMILES string of the molecule is CCCOC(CI)OC1CCC(C)=C1C. The van der Waals surface area contributed by atoms with Gasteiger partial charge in [-0.15, -0.1) is 0 Å². The first kappa shape index (κ1) is 13.5. The molecule has 88 valence electrons. The Labute approximate surface area is 107 Å². The predicted molar refractivity (Wildman–Crippen MR) is 71.4 cm³/mol. The van der Waals surface area contributed by atoms with E-state index in [9.17, 15) is 0 Å². The molecule has 0 amide bonds. The molecular weight excluding hydrogens is 303 g/mol. The zero-order chi connectivity index (χ0) is 11.3. The number of hydrogen-bond acceptors (Lipinski definition) is 2. The average molecular weight is 324 g/mol. The molecule has 0 saturated carbocycles. The fourth-order valence-corrected chi connectivity index (χ4v) is 2.22. The van der Waals surface area contributed by atoms with Crippen LogP contribution in [0.15, 0.2) is 11.1 Å². The van der Waals surface area contributed by atoms with Crippen molar-refractivity contribution < 1.29 is 9.47 Å². The van der Waals surface area contributed by atoms with Gasteiger partial charge < -0.3 is 9.47 Å². The molecule has 3 heteroatoms. The van der Waals surface area contributed by atoms with Crippen molar-refractivity contribution in [3.05, 3.63) is 11.1 Å². The molecule has 2 atom stereocenters. The van der Waals surface area contributed by atoms with Crippen molar-refractivity contribution in [1.29, 1.82) is 0 Å². The Balaban J connectivity index is 2.39. The summed E-state index contributed by atoms with van der Waals surface area (Å²) in [6, 6.07) is 0. The number of halogens is 1. The first-order chi connectivity index (χ1) is 7.19. The molecule has 0 aliphatic heterocycles. The van der Waals surface area contributed by atoms with Crippen molar-refractivity contribution in [3.8, 4) is 0 Å². The Morgan fingerprint density at radius 1 is 1.47 bits per heavy atom. The fourth-order valence-electron chi connectivity index (χ4n) is 1.76. The highest BCUT2D eigenvalue weighted by molar-refractivity contribution is 14.1. The summed E-state index contributed by atoms with van der Waals surface area (Å²) in [5.74, 6) is 0. The van der Waals surface area contributed by atoms with Gasteiger partial charge in [-0.2, -0.15) is 0 Å². The molecule has 0 N–H and O–H groups in total. The molecule has 0 aromatic rings. The Morgan fingerprint density at radius 2 is 2.20 bits per heavy atom. The van der Waals surface area contributed by atoms with E-state index in [1.807, 2.05) is 0 Å². The van der Waals surface area contributed by atoms with Gasteiger partial charge in [0.05, 0.1) is 10.5 Å². The van der Waals surface area contributed by atoms with E-state index < -0.39 is 0 Å². The molecule has 0 radical (unpaired) electrons. The third-order valence-electron chi connectivity index (χ3n) is 2.89. The van der Waals surface area contributed by atoms with Crippen LogP contribution in [0, 0.1) is 0 Å². The number of rotatable bonds is 6. The topological polar surface area (TPSA) is 18.5 Å². The van der Waals surface area contributed by atoms with Crippen LogP contribution in [0.3, 0.4) is 0 Å². The quantitative estimate of drug-likeness (QED) is 0.321. The van der Waals surface area contributed by atoms with Crippen molar-refractivity contribution >= 4 is 22.6 Å². The maximum absolute atomic E-state index is 5.96. The summed E-state index contributed by atoms with van der Waals surface area (Å²) in [7, 11) is 0. The second kappa shape index (κ2) is 6.86. The molecule has 1 aliphatic rings. The molecule has 1 aliphatic carbocycles. The van der Waals surface area contributed by atoms with E-state index in [-0.39, 0.29) is 6.29 Å². The van der Waals surface area contributed by atoms with Crippen LogP contribution < -0.4 is 0 Å². The molecule has 2 unspecified atom stereocenters. The molecule has 0 heterocycles. The Hall–Kier alpha value is 0.390. The van der Waals surface area contributed by atoms with Gasteiger partial charge in [-0.05, 0) is 38.7 Å². The van der Waals surface area contributed by atoms with E-state index >= 15 is 0 Å². The second-order valence-corrected chi connectivity index (χ2v) is 4.96. The van der Waals surface area contributed by atoms with E-state index in [2.05, 4.69) is 43.4 Å². The Morgan fingerprint density at radius 3 is 2.67 bits per heavy atom. The first-order valence-electron chi connectivity index (χ1n) is 5.68. The van der Waals surface area contributed by atoms with Crippen molar-refractivity contribution in [1.82, 2.24) is 0 Å². The average Bonchev–Trinajstić information content (AvgIpc) is 2.55. The van der Waals surface area contributed by atoms with Gasteiger partial charge in [0.15, 0.2) is 6.29 Å². The van der Waals surface area contributed by atoms with Gasteiger partial charge in [0.1, 0.15) is 0 Å². The number of ether oxygens (including phenoxy) is 2. The minimum atomic E-state index is -0.0311. The molecule has 1 rings (SSSR count). The van der Waals surface area contributed by atoms with E-state index in [0.29, 0.717) is 6.10 Å². The standard InChI is InChI=1S/C12H21IO2/c1-4-7-14-12(8-13)15-11-6-5-9(2)10(11)3/h11-12H,4-8H2,1-3H3. The molecule has 15 heavy (non-hydrogen) atoms. The van der Waals surface area contributed by atoms with Crippen LogP contribution in [-0.2, 0) is 9.47 Å². The minimum absolute atomic E-state index is 0.0311. The summed E-state index contributed by atoms with van der Waals surface area (Å²) in [5.41, 5.74) is 2.90. The van der Waals surface area contributed by atoms with Gasteiger partial charge in [-0.3, -0.25) is 0 Å². The highest BCUT2D eigenvalue weighted by atomic mass is 127. The number of allylic oxidation sites excluding steroid dienone is 1. The largest absolute Gasteiger partial charge is 0.352 e. The van der Waals surface area contributed by atoms with E-state index in [4.69, 9.17) is 9.47 Å². The Kier molecular flexibility index (Phi) is 6.16. The first-order valence-corrected chi connectivity index (χ1v) is 7.20. The molecule has 0 bridgehead atoms. The lowest BCUT2D eigenvalue weighted by molar-refractivity contribution is -0.145. The lowest BCUT2D eigenvalue weighted by atomic mass is 10.2. The third-order valence-corrected chi connectivity index (χ3v) is 3.61. The normalized spacial score (nSPS) is 23.6. The molecule has 0 fully saturated rings. The van der Waals surface area contributed by atoms with Crippen LogP contribution in [-0.4, -0.2) is 23.4 Å². The van der Waals surface area contributed by atoms with Gasteiger partial charge in [-0.1, -0.05) is 35.1 Å². The van der Waals surface area contributed by atoms with Crippen LogP contribution in [0.2, 0.25) is 0 Å². The van der Waals surface area contributed by atoms with E-state index in [1.165, 1.54) is 17.6 Å². The van der Waals surface area contributed by atoms with Crippen LogP contribution in [0.25, 0.3) is 0 Å². The maximum atomic E-state index is 5.96. The summed E-state index contributed by atoms with van der Waals surface area (Å²) in [6.45, 7) is 7.29. The van der Waals surface area contributed by atoms with Crippen molar-refractivity contribution in [2.24, 2.45) is 0 Å². The molecule has 0 aromatic heterocycles. The second-order valence-electron chi connectivity index (χ2n) is 4.08. The molecule has 0 spiro atoms. The number of hydrogen-bond donors (Lipinski definition) is 0. The summed E-state index contributed by atoms with van der Waals surface area (Å²) in [6.07, 6.45) is 3.62. The zero-order valence-corrected chi connectivity index (χ0v) is 12.0.